The zero-order valence-corrected chi connectivity index (χ0v) is 23.3. The number of benzene rings is 2. The highest BCUT2D eigenvalue weighted by Gasteiger charge is 2.29. The van der Waals surface area contributed by atoms with Gasteiger partial charge in [-0.3, -0.25) is 9.59 Å². The van der Waals surface area contributed by atoms with Crippen LogP contribution in [-0.4, -0.2) is 66.1 Å². The summed E-state index contributed by atoms with van der Waals surface area (Å²) < 4.78 is 12.7. The Morgan fingerprint density at radius 1 is 0.923 bits per heavy atom. The average molecular weight is 532 g/mol. The summed E-state index contributed by atoms with van der Waals surface area (Å²) in [4.78, 5) is 31.2. The quantitative estimate of drug-likeness (QED) is 0.278. The number of rotatable bonds is 13. The predicted molar refractivity (Wildman–Crippen MR) is 153 cm³/mol. The lowest BCUT2D eigenvalue weighted by Crippen LogP contribution is -2.48. The lowest BCUT2D eigenvalue weighted by molar-refractivity contribution is -0.135. The maximum Gasteiger partial charge on any atom is 0.254 e. The molecule has 0 atom stereocenters. The SMILES string of the molecule is COCCCN(CC(=O)N(Cc1cccn1Cc1ccccc1)C1CCCCC1)C(=O)c1ccc(OC)cc1. The fourth-order valence-corrected chi connectivity index (χ4v) is 5.34. The van der Waals surface area contributed by atoms with Crippen molar-refractivity contribution in [2.45, 2.75) is 57.7 Å². The number of hydrogen-bond acceptors (Lipinski definition) is 4. The topological polar surface area (TPSA) is 64.0 Å². The second-order valence-electron chi connectivity index (χ2n) is 10.2. The van der Waals surface area contributed by atoms with Crippen LogP contribution in [0.1, 0.15) is 60.1 Å². The first-order chi connectivity index (χ1) is 19.1. The van der Waals surface area contributed by atoms with Gasteiger partial charge in [0.2, 0.25) is 5.91 Å². The first-order valence-corrected chi connectivity index (χ1v) is 14.0. The number of carbonyl (C=O) groups excluding carboxylic acids is 2. The van der Waals surface area contributed by atoms with Gasteiger partial charge in [0.25, 0.3) is 5.91 Å². The Morgan fingerprint density at radius 2 is 1.67 bits per heavy atom. The Hall–Kier alpha value is -3.58. The third-order valence-electron chi connectivity index (χ3n) is 7.51. The van der Waals surface area contributed by atoms with E-state index in [0.29, 0.717) is 37.4 Å². The smallest absolute Gasteiger partial charge is 0.254 e. The van der Waals surface area contributed by atoms with E-state index in [0.717, 1.165) is 37.9 Å². The molecule has 208 valence electrons. The van der Waals surface area contributed by atoms with Crippen molar-refractivity contribution in [3.8, 4) is 5.75 Å². The molecule has 4 rings (SSSR count). The molecule has 0 spiro atoms. The van der Waals surface area contributed by atoms with Crippen LogP contribution in [0, 0.1) is 0 Å². The summed E-state index contributed by atoms with van der Waals surface area (Å²) in [5.74, 6) is 0.530. The van der Waals surface area contributed by atoms with Gasteiger partial charge in [-0.05, 0) is 61.2 Å². The minimum atomic E-state index is -0.154. The molecule has 3 aromatic rings. The highest BCUT2D eigenvalue weighted by molar-refractivity contribution is 5.96. The van der Waals surface area contributed by atoms with E-state index >= 15 is 0 Å². The van der Waals surface area contributed by atoms with E-state index in [4.69, 9.17) is 9.47 Å². The second-order valence-corrected chi connectivity index (χ2v) is 10.2. The third-order valence-corrected chi connectivity index (χ3v) is 7.51. The summed E-state index contributed by atoms with van der Waals surface area (Å²) >= 11 is 0. The number of carbonyl (C=O) groups is 2. The summed E-state index contributed by atoms with van der Waals surface area (Å²) in [6.07, 6.45) is 8.21. The van der Waals surface area contributed by atoms with Gasteiger partial charge in [-0.2, -0.15) is 0 Å². The van der Waals surface area contributed by atoms with Crippen molar-refractivity contribution in [2.24, 2.45) is 0 Å². The number of methoxy groups -OCH3 is 2. The molecule has 1 aliphatic carbocycles. The highest BCUT2D eigenvalue weighted by Crippen LogP contribution is 2.25. The Bertz CT molecular complexity index is 1170. The molecule has 1 saturated carbocycles. The molecule has 2 amide bonds. The molecule has 1 heterocycles. The molecule has 39 heavy (non-hydrogen) atoms. The van der Waals surface area contributed by atoms with Crippen molar-refractivity contribution >= 4 is 11.8 Å². The van der Waals surface area contributed by atoms with Crippen molar-refractivity contribution in [3.05, 3.63) is 89.7 Å². The van der Waals surface area contributed by atoms with Crippen molar-refractivity contribution in [1.29, 1.82) is 0 Å². The lowest BCUT2D eigenvalue weighted by atomic mass is 9.94. The Morgan fingerprint density at radius 3 is 2.36 bits per heavy atom. The molecule has 2 aromatic carbocycles. The molecule has 0 aliphatic heterocycles. The van der Waals surface area contributed by atoms with E-state index in [-0.39, 0.29) is 24.4 Å². The van der Waals surface area contributed by atoms with Crippen LogP contribution in [-0.2, 0) is 22.6 Å². The van der Waals surface area contributed by atoms with Gasteiger partial charge in [0.05, 0.1) is 13.7 Å². The second kappa shape index (κ2) is 14.5. The zero-order chi connectivity index (χ0) is 27.5. The molecule has 1 fully saturated rings. The van der Waals surface area contributed by atoms with E-state index in [2.05, 4.69) is 29.0 Å². The molecule has 0 radical (unpaired) electrons. The summed E-state index contributed by atoms with van der Waals surface area (Å²) in [5.41, 5.74) is 2.87. The number of aromatic nitrogens is 1. The number of hydrogen-bond donors (Lipinski definition) is 0. The minimum Gasteiger partial charge on any atom is -0.497 e. The van der Waals surface area contributed by atoms with E-state index in [1.807, 2.05) is 29.2 Å². The lowest BCUT2D eigenvalue weighted by Gasteiger charge is -2.36. The fraction of sp³-hybridized carbons (Fsp3) is 0.438. The van der Waals surface area contributed by atoms with Crippen molar-refractivity contribution in [3.63, 3.8) is 0 Å². The monoisotopic (exact) mass is 531 g/mol. The van der Waals surface area contributed by atoms with Crippen molar-refractivity contribution in [2.75, 3.05) is 33.9 Å². The largest absolute Gasteiger partial charge is 0.497 e. The summed E-state index contributed by atoms with van der Waals surface area (Å²) in [6.45, 7) is 2.32. The molecule has 0 bridgehead atoms. The summed E-state index contributed by atoms with van der Waals surface area (Å²) in [5, 5.41) is 0. The van der Waals surface area contributed by atoms with Crippen LogP contribution in [0.5, 0.6) is 5.75 Å². The van der Waals surface area contributed by atoms with Crippen LogP contribution < -0.4 is 4.74 Å². The maximum atomic E-state index is 14.0. The molecule has 1 aliphatic rings. The van der Waals surface area contributed by atoms with Crippen molar-refractivity contribution < 1.29 is 19.1 Å². The van der Waals surface area contributed by atoms with Gasteiger partial charge < -0.3 is 23.8 Å². The molecule has 0 N–H and O–H groups in total. The first-order valence-electron chi connectivity index (χ1n) is 14.0. The van der Waals surface area contributed by atoms with Gasteiger partial charge in [0, 0.05) is 50.3 Å². The van der Waals surface area contributed by atoms with Gasteiger partial charge in [0.1, 0.15) is 12.3 Å². The number of nitrogens with zero attached hydrogens (tertiary/aromatic N) is 3. The van der Waals surface area contributed by atoms with E-state index in [1.165, 1.54) is 12.0 Å². The van der Waals surface area contributed by atoms with Crippen LogP contribution >= 0.6 is 0 Å². The van der Waals surface area contributed by atoms with Gasteiger partial charge >= 0.3 is 0 Å². The molecule has 1 aromatic heterocycles. The summed E-state index contributed by atoms with van der Waals surface area (Å²) in [6, 6.07) is 21.8. The maximum absolute atomic E-state index is 14.0. The average Bonchev–Trinajstić information content (AvgIpc) is 3.42. The molecular weight excluding hydrogens is 490 g/mol. The normalized spacial score (nSPS) is 13.7. The minimum absolute atomic E-state index is 0.00589. The van der Waals surface area contributed by atoms with E-state index < -0.39 is 0 Å². The number of amides is 2. The summed E-state index contributed by atoms with van der Waals surface area (Å²) in [7, 11) is 3.25. The Balaban J connectivity index is 1.53. The molecular formula is C32H41N3O4. The third kappa shape index (κ3) is 7.96. The highest BCUT2D eigenvalue weighted by atomic mass is 16.5. The fourth-order valence-electron chi connectivity index (χ4n) is 5.34. The number of ether oxygens (including phenoxy) is 2. The Kier molecular flexibility index (Phi) is 10.6. The predicted octanol–water partition coefficient (Wildman–Crippen LogP) is 5.39. The van der Waals surface area contributed by atoms with Gasteiger partial charge in [0.15, 0.2) is 0 Å². The zero-order valence-electron chi connectivity index (χ0n) is 23.3. The van der Waals surface area contributed by atoms with E-state index in [1.54, 1.807) is 43.4 Å². The molecule has 7 heteroatoms. The molecule has 7 nitrogen and oxygen atoms in total. The standard InChI is InChI=1S/C32H41N3O4/c1-38-22-10-21-34(32(37)27-16-18-30(39-2)19-17-27)25-31(36)35(28-13-7-4-8-14-28)24-29-15-9-20-33(29)23-26-11-5-3-6-12-26/h3,5-6,9,11-12,15-20,28H,4,7-8,10,13-14,21-25H2,1-2H3. The van der Waals surface area contributed by atoms with Crippen LogP contribution in [0.3, 0.4) is 0 Å². The van der Waals surface area contributed by atoms with Crippen LogP contribution in [0.4, 0.5) is 0 Å². The van der Waals surface area contributed by atoms with Crippen LogP contribution in [0.15, 0.2) is 72.9 Å². The van der Waals surface area contributed by atoms with Gasteiger partial charge in [-0.15, -0.1) is 0 Å². The van der Waals surface area contributed by atoms with Crippen LogP contribution in [0.2, 0.25) is 0 Å². The van der Waals surface area contributed by atoms with E-state index in [9.17, 15) is 9.59 Å². The van der Waals surface area contributed by atoms with Gasteiger partial charge in [-0.1, -0.05) is 49.6 Å². The van der Waals surface area contributed by atoms with Crippen LogP contribution in [0.25, 0.3) is 0 Å². The molecule has 0 unspecified atom stereocenters. The molecule has 0 saturated heterocycles. The van der Waals surface area contributed by atoms with Crippen molar-refractivity contribution in [1.82, 2.24) is 14.4 Å². The Labute approximate surface area is 232 Å². The van der Waals surface area contributed by atoms with Gasteiger partial charge in [-0.25, -0.2) is 0 Å². The first kappa shape index (κ1) is 28.4.